The van der Waals surface area contributed by atoms with E-state index in [9.17, 15) is 4.79 Å². The van der Waals surface area contributed by atoms with E-state index in [0.29, 0.717) is 5.75 Å². The van der Waals surface area contributed by atoms with E-state index in [1.54, 1.807) is 6.92 Å². The lowest BCUT2D eigenvalue weighted by molar-refractivity contribution is -0.128. The highest BCUT2D eigenvalue weighted by molar-refractivity contribution is 6.32. The first-order valence-electron chi connectivity index (χ1n) is 10.3. The third-order valence-electron chi connectivity index (χ3n) is 5.89. The topological polar surface area (TPSA) is 47.6 Å². The van der Waals surface area contributed by atoms with Crippen LogP contribution in [0.3, 0.4) is 0 Å². The van der Waals surface area contributed by atoms with E-state index in [2.05, 4.69) is 19.2 Å². The van der Waals surface area contributed by atoms with Crippen molar-refractivity contribution in [1.29, 1.82) is 0 Å². The number of amides is 1. The largest absolute Gasteiger partial charge is 0.487 e. The van der Waals surface area contributed by atoms with Crippen LogP contribution in [-0.4, -0.2) is 17.6 Å². The predicted octanol–water partition coefficient (Wildman–Crippen LogP) is 5.92. The average Bonchev–Trinajstić information content (AvgIpc) is 2.71. The summed E-state index contributed by atoms with van der Waals surface area (Å²) in [5, 5.41) is 3.91. The molecule has 1 aliphatic rings. The van der Waals surface area contributed by atoms with Gasteiger partial charge in [-0.1, -0.05) is 43.6 Å². The average molecular weight is 416 g/mol. The van der Waals surface area contributed by atoms with Crippen LogP contribution < -0.4 is 14.8 Å². The fourth-order valence-electron chi connectivity index (χ4n) is 3.95. The maximum atomic E-state index is 12.9. The van der Waals surface area contributed by atoms with Crippen LogP contribution in [0.5, 0.6) is 11.5 Å². The highest BCUT2D eigenvalue weighted by atomic mass is 35.5. The highest BCUT2D eigenvalue weighted by Gasteiger charge is 2.39. The van der Waals surface area contributed by atoms with Crippen molar-refractivity contribution in [2.24, 2.45) is 0 Å². The molecule has 156 valence electrons. The summed E-state index contributed by atoms with van der Waals surface area (Å²) in [6, 6.07) is 11.6. The van der Waals surface area contributed by atoms with Gasteiger partial charge in [0.2, 0.25) is 0 Å². The van der Waals surface area contributed by atoms with Gasteiger partial charge >= 0.3 is 0 Å². The van der Waals surface area contributed by atoms with Gasteiger partial charge in [0.05, 0.1) is 6.04 Å². The Morgan fingerprint density at radius 1 is 1.24 bits per heavy atom. The molecule has 0 aliphatic carbocycles. The summed E-state index contributed by atoms with van der Waals surface area (Å²) in [5.74, 6) is 1.36. The first-order valence-corrected chi connectivity index (χ1v) is 10.7. The molecule has 29 heavy (non-hydrogen) atoms. The standard InChI is InChI=1S/C24H30ClNO3/c1-6-24(7-2)14-20(19-10-8-9-11-21(19)29-24)26-23(27)17(5)28-18-12-15(3)22(25)16(4)13-18/h8-13,17,20H,6-7,14H2,1-5H3,(H,26,27). The number of para-hydroxylation sites is 1. The van der Waals surface area contributed by atoms with E-state index < -0.39 is 6.10 Å². The lowest BCUT2D eigenvalue weighted by atomic mass is 9.83. The Labute approximate surface area is 178 Å². The van der Waals surface area contributed by atoms with Crippen molar-refractivity contribution in [3.8, 4) is 11.5 Å². The minimum absolute atomic E-state index is 0.105. The molecule has 0 saturated heterocycles. The van der Waals surface area contributed by atoms with Crippen LogP contribution in [0, 0.1) is 13.8 Å². The number of rotatable bonds is 6. The van der Waals surface area contributed by atoms with Crippen molar-refractivity contribution in [1.82, 2.24) is 5.32 Å². The van der Waals surface area contributed by atoms with Crippen LogP contribution in [0.15, 0.2) is 36.4 Å². The van der Waals surface area contributed by atoms with Gasteiger partial charge in [-0.15, -0.1) is 0 Å². The first-order chi connectivity index (χ1) is 13.8. The molecule has 2 aromatic rings. The van der Waals surface area contributed by atoms with Gasteiger partial charge in [0, 0.05) is 17.0 Å². The molecule has 0 aromatic heterocycles. The Morgan fingerprint density at radius 2 is 1.86 bits per heavy atom. The van der Waals surface area contributed by atoms with Gasteiger partial charge in [-0.05, 0) is 62.9 Å². The molecule has 0 spiro atoms. The second kappa shape index (κ2) is 8.66. The molecule has 2 aromatic carbocycles. The number of carbonyl (C=O) groups excluding carboxylic acids is 1. The zero-order valence-corrected chi connectivity index (χ0v) is 18.6. The van der Waals surface area contributed by atoms with E-state index in [1.165, 1.54) is 0 Å². The Balaban J connectivity index is 1.77. The number of halogens is 1. The Morgan fingerprint density at radius 3 is 2.48 bits per heavy atom. The summed E-state index contributed by atoms with van der Waals surface area (Å²) in [6.07, 6.45) is 1.90. The van der Waals surface area contributed by atoms with Gasteiger partial charge in [0.15, 0.2) is 6.10 Å². The SMILES string of the molecule is CCC1(CC)CC(NC(=O)C(C)Oc2cc(C)c(Cl)c(C)c2)c2ccccc2O1. The molecule has 0 radical (unpaired) electrons. The summed E-state index contributed by atoms with van der Waals surface area (Å²) in [5.41, 5.74) is 2.62. The molecule has 1 N–H and O–H groups in total. The fraction of sp³-hybridized carbons (Fsp3) is 0.458. The molecule has 0 saturated carbocycles. The molecule has 0 bridgehead atoms. The second-order valence-electron chi connectivity index (χ2n) is 7.93. The quantitative estimate of drug-likeness (QED) is 0.636. The lowest BCUT2D eigenvalue weighted by Crippen LogP contribution is -2.46. The molecule has 2 unspecified atom stereocenters. The van der Waals surface area contributed by atoms with E-state index in [1.807, 2.05) is 50.2 Å². The van der Waals surface area contributed by atoms with Crippen molar-refractivity contribution >= 4 is 17.5 Å². The minimum Gasteiger partial charge on any atom is -0.487 e. The Kier molecular flexibility index (Phi) is 6.42. The number of aryl methyl sites for hydroxylation is 2. The molecule has 1 heterocycles. The van der Waals surface area contributed by atoms with E-state index in [0.717, 1.165) is 46.7 Å². The predicted molar refractivity (Wildman–Crippen MR) is 117 cm³/mol. The summed E-state index contributed by atoms with van der Waals surface area (Å²) in [7, 11) is 0. The Bertz CT molecular complexity index is 868. The zero-order valence-electron chi connectivity index (χ0n) is 17.8. The zero-order chi connectivity index (χ0) is 21.2. The van der Waals surface area contributed by atoms with E-state index in [-0.39, 0.29) is 17.6 Å². The molecule has 0 fully saturated rings. The molecule has 1 aliphatic heterocycles. The highest BCUT2D eigenvalue weighted by Crippen LogP contribution is 2.42. The van der Waals surface area contributed by atoms with Crippen LogP contribution in [-0.2, 0) is 4.79 Å². The van der Waals surface area contributed by atoms with E-state index in [4.69, 9.17) is 21.1 Å². The van der Waals surface area contributed by atoms with Crippen LogP contribution in [0.1, 0.15) is 62.8 Å². The number of hydrogen-bond acceptors (Lipinski definition) is 3. The molecule has 2 atom stereocenters. The molecule has 1 amide bonds. The second-order valence-corrected chi connectivity index (χ2v) is 8.30. The maximum absolute atomic E-state index is 12.9. The van der Waals surface area contributed by atoms with Gasteiger partial charge in [0.1, 0.15) is 17.1 Å². The number of nitrogens with one attached hydrogen (secondary N) is 1. The van der Waals surface area contributed by atoms with Crippen LogP contribution in [0.2, 0.25) is 5.02 Å². The van der Waals surface area contributed by atoms with Crippen LogP contribution in [0.4, 0.5) is 0 Å². The van der Waals surface area contributed by atoms with Crippen molar-refractivity contribution in [3.63, 3.8) is 0 Å². The summed E-state index contributed by atoms with van der Waals surface area (Å²) in [4.78, 5) is 12.9. The number of hydrogen-bond donors (Lipinski definition) is 1. The Hall–Kier alpha value is -2.20. The van der Waals surface area contributed by atoms with Gasteiger partial charge in [0.25, 0.3) is 5.91 Å². The normalized spacial score (nSPS) is 18.3. The first kappa shape index (κ1) is 21.5. The van der Waals surface area contributed by atoms with Gasteiger partial charge in [-0.3, -0.25) is 4.79 Å². The minimum atomic E-state index is -0.623. The summed E-state index contributed by atoms with van der Waals surface area (Å²) < 4.78 is 12.3. The number of benzene rings is 2. The number of ether oxygens (including phenoxy) is 2. The molecule has 5 heteroatoms. The molecule has 3 rings (SSSR count). The molecular weight excluding hydrogens is 386 g/mol. The lowest BCUT2D eigenvalue weighted by Gasteiger charge is -2.41. The van der Waals surface area contributed by atoms with E-state index >= 15 is 0 Å². The number of fused-ring (bicyclic) bond motifs is 1. The van der Waals surface area contributed by atoms with Crippen molar-refractivity contribution < 1.29 is 14.3 Å². The van der Waals surface area contributed by atoms with Gasteiger partial charge < -0.3 is 14.8 Å². The van der Waals surface area contributed by atoms with Gasteiger partial charge in [-0.2, -0.15) is 0 Å². The van der Waals surface area contributed by atoms with Gasteiger partial charge in [-0.25, -0.2) is 0 Å². The monoisotopic (exact) mass is 415 g/mol. The van der Waals surface area contributed by atoms with Crippen LogP contribution in [0.25, 0.3) is 0 Å². The van der Waals surface area contributed by atoms with Crippen molar-refractivity contribution in [2.45, 2.75) is 71.6 Å². The van der Waals surface area contributed by atoms with Crippen LogP contribution >= 0.6 is 11.6 Å². The third kappa shape index (κ3) is 4.53. The number of carbonyl (C=O) groups is 1. The third-order valence-corrected chi connectivity index (χ3v) is 6.49. The van der Waals surface area contributed by atoms with Crippen molar-refractivity contribution in [2.75, 3.05) is 0 Å². The molecule has 4 nitrogen and oxygen atoms in total. The molecular formula is C24H30ClNO3. The summed E-state index contributed by atoms with van der Waals surface area (Å²) >= 11 is 6.23. The van der Waals surface area contributed by atoms with Crippen molar-refractivity contribution in [3.05, 3.63) is 58.1 Å². The summed E-state index contributed by atoms with van der Waals surface area (Å²) in [6.45, 7) is 9.90. The smallest absolute Gasteiger partial charge is 0.261 e. The maximum Gasteiger partial charge on any atom is 0.261 e. The fourth-order valence-corrected chi connectivity index (χ4v) is 4.06.